The SMILES string of the molecule is O=C(NC1CCCc2ccccc21)c1ccc2c(c1)S(=O)(=O)c1ccccc1C2=O. The number of ketones is 1. The molecule has 1 amide bonds. The summed E-state index contributed by atoms with van der Waals surface area (Å²) in [6.07, 6.45) is 2.80. The fraction of sp³-hybridized carbons (Fsp3) is 0.167. The van der Waals surface area contributed by atoms with Gasteiger partial charge in [0, 0.05) is 16.7 Å². The van der Waals surface area contributed by atoms with Gasteiger partial charge in [0.15, 0.2) is 5.78 Å². The molecule has 1 heterocycles. The van der Waals surface area contributed by atoms with Gasteiger partial charge < -0.3 is 5.32 Å². The molecule has 0 saturated heterocycles. The second-order valence-corrected chi connectivity index (χ2v) is 9.54. The van der Waals surface area contributed by atoms with Crippen molar-refractivity contribution in [1.29, 1.82) is 0 Å². The number of nitrogens with one attached hydrogen (secondary N) is 1. The average Bonchev–Trinajstić information content (AvgIpc) is 2.78. The lowest BCUT2D eigenvalue weighted by molar-refractivity contribution is 0.0931. The van der Waals surface area contributed by atoms with Crippen LogP contribution in [0.5, 0.6) is 0 Å². The maximum atomic E-state index is 13.1. The molecule has 5 rings (SSSR count). The van der Waals surface area contributed by atoms with Crippen LogP contribution in [-0.4, -0.2) is 20.1 Å². The third kappa shape index (κ3) is 2.87. The monoisotopic (exact) mass is 417 g/mol. The second-order valence-electron chi connectivity index (χ2n) is 7.66. The number of fused-ring (bicyclic) bond motifs is 3. The van der Waals surface area contributed by atoms with Crippen molar-refractivity contribution in [2.45, 2.75) is 35.1 Å². The highest BCUT2D eigenvalue weighted by Gasteiger charge is 2.35. The van der Waals surface area contributed by atoms with E-state index in [1.54, 1.807) is 12.1 Å². The van der Waals surface area contributed by atoms with Crippen molar-refractivity contribution in [3.63, 3.8) is 0 Å². The Kier molecular flexibility index (Phi) is 4.33. The molecule has 2 aliphatic rings. The number of rotatable bonds is 2. The lowest BCUT2D eigenvalue weighted by Crippen LogP contribution is -2.31. The van der Waals surface area contributed by atoms with E-state index in [2.05, 4.69) is 11.4 Å². The van der Waals surface area contributed by atoms with E-state index in [0.29, 0.717) is 0 Å². The summed E-state index contributed by atoms with van der Waals surface area (Å²) in [5.41, 5.74) is 2.83. The molecule has 1 aliphatic carbocycles. The quantitative estimate of drug-likeness (QED) is 0.537. The molecule has 6 heteroatoms. The topological polar surface area (TPSA) is 80.3 Å². The molecule has 1 N–H and O–H groups in total. The third-order valence-electron chi connectivity index (χ3n) is 5.87. The molecule has 30 heavy (non-hydrogen) atoms. The van der Waals surface area contributed by atoms with E-state index in [9.17, 15) is 18.0 Å². The third-order valence-corrected chi connectivity index (χ3v) is 7.73. The fourth-order valence-electron chi connectivity index (χ4n) is 4.37. The molecule has 150 valence electrons. The molecular weight excluding hydrogens is 398 g/mol. The summed E-state index contributed by atoms with van der Waals surface area (Å²) in [6, 6.07) is 18.4. The molecule has 3 aromatic rings. The van der Waals surface area contributed by atoms with E-state index in [4.69, 9.17) is 0 Å². The van der Waals surface area contributed by atoms with Gasteiger partial charge in [0.1, 0.15) is 0 Å². The minimum absolute atomic E-state index is 0.0127. The first-order chi connectivity index (χ1) is 14.5. The van der Waals surface area contributed by atoms with Gasteiger partial charge in [-0.3, -0.25) is 9.59 Å². The highest BCUT2D eigenvalue weighted by Crippen LogP contribution is 2.35. The van der Waals surface area contributed by atoms with Crippen LogP contribution in [0.15, 0.2) is 76.5 Å². The van der Waals surface area contributed by atoms with Crippen molar-refractivity contribution in [3.05, 3.63) is 94.5 Å². The Bertz CT molecular complexity index is 1310. The Balaban J connectivity index is 1.50. The maximum absolute atomic E-state index is 13.1. The number of sulfone groups is 1. The van der Waals surface area contributed by atoms with Crippen molar-refractivity contribution in [2.75, 3.05) is 0 Å². The van der Waals surface area contributed by atoms with Gasteiger partial charge in [0.2, 0.25) is 9.84 Å². The first kappa shape index (κ1) is 18.8. The number of benzene rings is 3. The number of aryl methyl sites for hydroxylation is 1. The fourth-order valence-corrected chi connectivity index (χ4v) is 6.05. The summed E-state index contributed by atoms with van der Waals surface area (Å²) < 4.78 is 26.2. The zero-order chi connectivity index (χ0) is 20.9. The number of amides is 1. The molecule has 1 atom stereocenters. The molecule has 0 spiro atoms. The van der Waals surface area contributed by atoms with Gasteiger partial charge in [-0.1, -0.05) is 36.4 Å². The largest absolute Gasteiger partial charge is 0.345 e. The van der Waals surface area contributed by atoms with Gasteiger partial charge in [-0.2, -0.15) is 0 Å². The van der Waals surface area contributed by atoms with Crippen molar-refractivity contribution in [2.24, 2.45) is 0 Å². The van der Waals surface area contributed by atoms with Crippen LogP contribution in [0.2, 0.25) is 0 Å². The zero-order valence-corrected chi connectivity index (χ0v) is 16.9. The molecule has 0 aromatic heterocycles. The lowest BCUT2D eigenvalue weighted by atomic mass is 9.87. The molecule has 3 aromatic carbocycles. The van der Waals surface area contributed by atoms with Gasteiger partial charge in [0.25, 0.3) is 5.91 Å². The Morgan fingerprint density at radius 1 is 0.900 bits per heavy atom. The van der Waals surface area contributed by atoms with Gasteiger partial charge in [-0.05, 0) is 60.7 Å². The summed E-state index contributed by atoms with van der Waals surface area (Å²) in [6.45, 7) is 0. The minimum atomic E-state index is -3.87. The van der Waals surface area contributed by atoms with Crippen molar-refractivity contribution in [3.8, 4) is 0 Å². The van der Waals surface area contributed by atoms with Gasteiger partial charge in [-0.25, -0.2) is 8.42 Å². The van der Waals surface area contributed by atoms with Crippen LogP contribution in [0.25, 0.3) is 0 Å². The van der Waals surface area contributed by atoms with Crippen LogP contribution in [0.1, 0.15) is 56.3 Å². The first-order valence-electron chi connectivity index (χ1n) is 9.88. The predicted molar refractivity (Wildman–Crippen MR) is 111 cm³/mol. The van der Waals surface area contributed by atoms with E-state index in [0.717, 1.165) is 24.8 Å². The second kappa shape index (κ2) is 6.92. The van der Waals surface area contributed by atoms with E-state index in [1.807, 2.05) is 18.2 Å². The van der Waals surface area contributed by atoms with Gasteiger partial charge in [-0.15, -0.1) is 0 Å². The zero-order valence-electron chi connectivity index (χ0n) is 16.1. The molecule has 0 radical (unpaired) electrons. The van der Waals surface area contributed by atoms with Crippen molar-refractivity contribution >= 4 is 21.5 Å². The Labute approximate surface area is 174 Å². The average molecular weight is 417 g/mol. The highest BCUT2D eigenvalue weighted by atomic mass is 32.2. The molecule has 1 unspecified atom stereocenters. The normalized spacial score (nSPS) is 18.7. The summed E-state index contributed by atoms with van der Waals surface area (Å²) in [5, 5.41) is 3.04. The molecule has 5 nitrogen and oxygen atoms in total. The summed E-state index contributed by atoms with van der Waals surface area (Å²) >= 11 is 0. The number of carbonyl (C=O) groups is 2. The summed E-state index contributed by atoms with van der Waals surface area (Å²) in [7, 11) is -3.87. The number of hydrogen-bond acceptors (Lipinski definition) is 4. The van der Waals surface area contributed by atoms with Crippen LogP contribution in [0.4, 0.5) is 0 Å². The Morgan fingerprint density at radius 2 is 1.63 bits per heavy atom. The van der Waals surface area contributed by atoms with Gasteiger partial charge >= 0.3 is 0 Å². The summed E-state index contributed by atoms with van der Waals surface area (Å²) in [5.74, 6) is -0.690. The standard InChI is InChI=1S/C24H19NO4S/c26-23-18-9-3-4-11-21(18)30(28,29)22-14-16(12-13-19(22)23)24(27)25-20-10-5-7-15-6-1-2-8-17(15)20/h1-4,6,8-9,11-14,20H,5,7,10H2,(H,25,27). The Hall–Kier alpha value is -3.25. The molecule has 0 fully saturated rings. The van der Waals surface area contributed by atoms with Crippen LogP contribution >= 0.6 is 0 Å². The molecular formula is C24H19NO4S. The number of carbonyl (C=O) groups excluding carboxylic acids is 2. The molecule has 0 bridgehead atoms. The lowest BCUT2D eigenvalue weighted by Gasteiger charge is -2.26. The van der Waals surface area contributed by atoms with Crippen molar-refractivity contribution < 1.29 is 18.0 Å². The maximum Gasteiger partial charge on any atom is 0.251 e. The smallest absolute Gasteiger partial charge is 0.251 e. The van der Waals surface area contributed by atoms with Crippen LogP contribution < -0.4 is 5.32 Å². The van der Waals surface area contributed by atoms with Crippen LogP contribution in [-0.2, 0) is 16.3 Å². The Morgan fingerprint density at radius 3 is 2.50 bits per heavy atom. The van der Waals surface area contributed by atoms with Crippen LogP contribution in [0, 0.1) is 0 Å². The first-order valence-corrected chi connectivity index (χ1v) is 11.4. The van der Waals surface area contributed by atoms with Gasteiger partial charge in [0.05, 0.1) is 15.8 Å². The summed E-state index contributed by atoms with van der Waals surface area (Å²) in [4.78, 5) is 25.6. The highest BCUT2D eigenvalue weighted by molar-refractivity contribution is 7.91. The minimum Gasteiger partial charge on any atom is -0.345 e. The van der Waals surface area contributed by atoms with E-state index in [1.165, 1.54) is 35.9 Å². The van der Waals surface area contributed by atoms with Crippen molar-refractivity contribution in [1.82, 2.24) is 5.32 Å². The molecule has 0 saturated carbocycles. The predicted octanol–water partition coefficient (Wildman–Crippen LogP) is 3.87. The van der Waals surface area contributed by atoms with E-state index >= 15 is 0 Å². The van der Waals surface area contributed by atoms with E-state index < -0.39 is 9.84 Å². The van der Waals surface area contributed by atoms with Crippen LogP contribution in [0.3, 0.4) is 0 Å². The molecule has 1 aliphatic heterocycles. The van der Waals surface area contributed by atoms with E-state index in [-0.39, 0.29) is 44.2 Å². The number of hydrogen-bond donors (Lipinski definition) is 1.